The number of rotatable bonds is 5. The Labute approximate surface area is 102 Å². The second-order valence-electron chi connectivity index (χ2n) is 4.27. The molecule has 1 aromatic rings. The largest absolute Gasteiger partial charge is 0.495 e. The molecule has 88 valence electrons. The molecule has 1 aliphatic carbocycles. The fraction of sp³-hybridized carbons (Fsp3) is 0.538. The standard InChI is InChI=1S/C13H18ClNO/c1-3-15-13(9-4-5-9)10-6-7-12(16-2)11(14)8-10/h6-9,13,15H,3-5H2,1-2H3. The molecule has 1 unspecified atom stereocenters. The normalized spacial score (nSPS) is 17.2. The Morgan fingerprint density at radius 3 is 2.75 bits per heavy atom. The molecule has 0 bridgehead atoms. The first-order valence-corrected chi connectivity index (χ1v) is 6.21. The van der Waals surface area contributed by atoms with Gasteiger partial charge in [-0.3, -0.25) is 0 Å². The molecule has 1 saturated carbocycles. The van der Waals surface area contributed by atoms with E-state index in [1.54, 1.807) is 7.11 Å². The number of methoxy groups -OCH3 is 1. The van der Waals surface area contributed by atoms with Crippen molar-refractivity contribution in [3.8, 4) is 5.75 Å². The van der Waals surface area contributed by atoms with Gasteiger partial charge in [-0.25, -0.2) is 0 Å². The molecule has 0 amide bonds. The van der Waals surface area contributed by atoms with Gasteiger partial charge in [0, 0.05) is 6.04 Å². The number of ether oxygens (including phenoxy) is 1. The average Bonchev–Trinajstić information content (AvgIpc) is 3.09. The summed E-state index contributed by atoms with van der Waals surface area (Å²) in [4.78, 5) is 0. The molecule has 0 saturated heterocycles. The molecule has 0 aromatic heterocycles. The smallest absolute Gasteiger partial charge is 0.137 e. The van der Waals surface area contributed by atoms with Gasteiger partial charge in [0.25, 0.3) is 0 Å². The Balaban J connectivity index is 2.20. The first-order chi connectivity index (χ1) is 7.76. The van der Waals surface area contributed by atoms with Gasteiger partial charge in [0.05, 0.1) is 12.1 Å². The van der Waals surface area contributed by atoms with E-state index in [-0.39, 0.29) is 0 Å². The summed E-state index contributed by atoms with van der Waals surface area (Å²) in [5.74, 6) is 1.53. The molecule has 1 N–H and O–H groups in total. The van der Waals surface area contributed by atoms with Gasteiger partial charge in [0.1, 0.15) is 5.75 Å². The van der Waals surface area contributed by atoms with Crippen LogP contribution in [0, 0.1) is 5.92 Å². The highest BCUT2D eigenvalue weighted by molar-refractivity contribution is 6.32. The topological polar surface area (TPSA) is 21.3 Å². The second kappa shape index (κ2) is 5.07. The van der Waals surface area contributed by atoms with Crippen molar-refractivity contribution in [2.45, 2.75) is 25.8 Å². The van der Waals surface area contributed by atoms with Crippen LogP contribution < -0.4 is 10.1 Å². The SMILES string of the molecule is CCNC(c1ccc(OC)c(Cl)c1)C1CC1. The Kier molecular flexibility index (Phi) is 3.72. The lowest BCUT2D eigenvalue weighted by atomic mass is 10.0. The molecule has 0 aliphatic heterocycles. The third-order valence-corrected chi connectivity index (χ3v) is 3.35. The van der Waals surface area contributed by atoms with Crippen molar-refractivity contribution in [2.75, 3.05) is 13.7 Å². The van der Waals surface area contributed by atoms with Gasteiger partial charge in [-0.05, 0) is 43.0 Å². The van der Waals surface area contributed by atoms with Crippen molar-refractivity contribution in [3.63, 3.8) is 0 Å². The summed E-state index contributed by atoms with van der Waals surface area (Å²) in [6, 6.07) is 6.53. The highest BCUT2D eigenvalue weighted by Crippen LogP contribution is 2.42. The highest BCUT2D eigenvalue weighted by atomic mass is 35.5. The van der Waals surface area contributed by atoms with Gasteiger partial charge in [0.15, 0.2) is 0 Å². The summed E-state index contributed by atoms with van der Waals surface area (Å²) in [6.07, 6.45) is 2.64. The van der Waals surface area contributed by atoms with Crippen LogP contribution in [0.4, 0.5) is 0 Å². The number of hydrogen-bond acceptors (Lipinski definition) is 2. The third kappa shape index (κ3) is 2.50. The van der Waals surface area contributed by atoms with E-state index >= 15 is 0 Å². The van der Waals surface area contributed by atoms with Crippen LogP contribution >= 0.6 is 11.6 Å². The van der Waals surface area contributed by atoms with Gasteiger partial charge in [0.2, 0.25) is 0 Å². The Morgan fingerprint density at radius 1 is 1.50 bits per heavy atom. The minimum absolute atomic E-state index is 0.452. The summed E-state index contributed by atoms with van der Waals surface area (Å²) in [5.41, 5.74) is 1.27. The molecule has 16 heavy (non-hydrogen) atoms. The summed E-state index contributed by atoms with van der Waals surface area (Å²) < 4.78 is 5.16. The monoisotopic (exact) mass is 239 g/mol. The summed E-state index contributed by atoms with van der Waals surface area (Å²) in [6.45, 7) is 3.13. The van der Waals surface area contributed by atoms with Crippen LogP contribution in [-0.2, 0) is 0 Å². The molecule has 2 rings (SSSR count). The Morgan fingerprint density at radius 2 is 2.25 bits per heavy atom. The maximum atomic E-state index is 6.15. The number of hydrogen-bond donors (Lipinski definition) is 1. The number of halogens is 1. The second-order valence-corrected chi connectivity index (χ2v) is 4.67. The molecular formula is C13H18ClNO. The van der Waals surface area contributed by atoms with Crippen molar-refractivity contribution < 1.29 is 4.74 Å². The van der Waals surface area contributed by atoms with Crippen LogP contribution in [0.5, 0.6) is 5.75 Å². The van der Waals surface area contributed by atoms with E-state index in [1.807, 2.05) is 12.1 Å². The van der Waals surface area contributed by atoms with Crippen molar-refractivity contribution in [3.05, 3.63) is 28.8 Å². The van der Waals surface area contributed by atoms with E-state index in [2.05, 4.69) is 18.3 Å². The lowest BCUT2D eigenvalue weighted by Gasteiger charge is -2.18. The zero-order chi connectivity index (χ0) is 11.5. The van der Waals surface area contributed by atoms with Crippen LogP contribution in [0.1, 0.15) is 31.4 Å². The molecular weight excluding hydrogens is 222 g/mol. The van der Waals surface area contributed by atoms with Crippen LogP contribution in [-0.4, -0.2) is 13.7 Å². The van der Waals surface area contributed by atoms with E-state index < -0.39 is 0 Å². The van der Waals surface area contributed by atoms with Crippen LogP contribution in [0.25, 0.3) is 0 Å². The van der Waals surface area contributed by atoms with Crippen molar-refractivity contribution in [1.82, 2.24) is 5.32 Å². The molecule has 0 radical (unpaired) electrons. The van der Waals surface area contributed by atoms with Crippen LogP contribution in [0.15, 0.2) is 18.2 Å². The number of nitrogens with one attached hydrogen (secondary N) is 1. The zero-order valence-electron chi connectivity index (χ0n) is 9.79. The van der Waals surface area contributed by atoms with E-state index in [0.717, 1.165) is 18.2 Å². The first-order valence-electron chi connectivity index (χ1n) is 5.83. The first kappa shape index (κ1) is 11.7. The average molecular weight is 240 g/mol. The minimum atomic E-state index is 0.452. The summed E-state index contributed by atoms with van der Waals surface area (Å²) >= 11 is 6.15. The van der Waals surface area contributed by atoms with Gasteiger partial charge < -0.3 is 10.1 Å². The fourth-order valence-electron chi connectivity index (χ4n) is 2.08. The maximum Gasteiger partial charge on any atom is 0.137 e. The van der Waals surface area contributed by atoms with Gasteiger partial charge in [-0.15, -0.1) is 0 Å². The molecule has 1 atom stereocenters. The zero-order valence-corrected chi connectivity index (χ0v) is 10.6. The molecule has 1 aromatic carbocycles. The molecule has 1 aliphatic rings. The quantitative estimate of drug-likeness (QED) is 0.850. The Hall–Kier alpha value is -0.730. The minimum Gasteiger partial charge on any atom is -0.495 e. The highest BCUT2D eigenvalue weighted by Gasteiger charge is 2.31. The summed E-state index contributed by atoms with van der Waals surface area (Å²) in [5, 5.41) is 4.22. The van der Waals surface area contributed by atoms with E-state index in [1.165, 1.54) is 18.4 Å². The van der Waals surface area contributed by atoms with Gasteiger partial charge in [-0.2, -0.15) is 0 Å². The predicted octanol–water partition coefficient (Wildman–Crippen LogP) is 3.41. The Bertz CT molecular complexity index is 363. The van der Waals surface area contributed by atoms with Crippen LogP contribution in [0.2, 0.25) is 5.02 Å². The molecule has 2 nitrogen and oxygen atoms in total. The van der Waals surface area contributed by atoms with Crippen molar-refractivity contribution in [2.24, 2.45) is 5.92 Å². The lowest BCUT2D eigenvalue weighted by Crippen LogP contribution is -2.22. The molecule has 0 heterocycles. The summed E-state index contributed by atoms with van der Waals surface area (Å²) in [7, 11) is 1.64. The maximum absolute atomic E-state index is 6.15. The van der Waals surface area contributed by atoms with E-state index in [9.17, 15) is 0 Å². The van der Waals surface area contributed by atoms with Crippen molar-refractivity contribution in [1.29, 1.82) is 0 Å². The van der Waals surface area contributed by atoms with E-state index in [4.69, 9.17) is 16.3 Å². The lowest BCUT2D eigenvalue weighted by molar-refractivity contribution is 0.414. The third-order valence-electron chi connectivity index (χ3n) is 3.05. The van der Waals surface area contributed by atoms with Gasteiger partial charge >= 0.3 is 0 Å². The predicted molar refractivity (Wildman–Crippen MR) is 67.1 cm³/mol. The number of benzene rings is 1. The van der Waals surface area contributed by atoms with Crippen molar-refractivity contribution >= 4 is 11.6 Å². The molecule has 0 spiro atoms. The van der Waals surface area contributed by atoms with Crippen LogP contribution in [0.3, 0.4) is 0 Å². The molecule has 3 heteroatoms. The van der Waals surface area contributed by atoms with Gasteiger partial charge in [-0.1, -0.05) is 24.6 Å². The fourth-order valence-corrected chi connectivity index (χ4v) is 2.35. The molecule has 1 fully saturated rings. The van der Waals surface area contributed by atoms with E-state index in [0.29, 0.717) is 11.1 Å².